The molecule has 1 aliphatic heterocycles. The van der Waals surface area contributed by atoms with Crippen molar-refractivity contribution < 1.29 is 13.2 Å². The lowest BCUT2D eigenvalue weighted by Crippen LogP contribution is -2.20. The summed E-state index contributed by atoms with van der Waals surface area (Å²) in [6.45, 7) is 1.80. The molecule has 2 heterocycles. The molecule has 0 radical (unpaired) electrons. The molecule has 0 unspecified atom stereocenters. The van der Waals surface area contributed by atoms with E-state index in [1.54, 1.807) is 6.07 Å². The zero-order valence-corrected chi connectivity index (χ0v) is 15.8. The van der Waals surface area contributed by atoms with Gasteiger partial charge in [0.05, 0.1) is 4.90 Å². The molecule has 1 aromatic carbocycles. The van der Waals surface area contributed by atoms with Crippen molar-refractivity contribution in [3.05, 3.63) is 47.1 Å². The Morgan fingerprint density at radius 1 is 1.15 bits per heavy atom. The number of aromatic nitrogens is 1. The van der Waals surface area contributed by atoms with Gasteiger partial charge in [-0.15, -0.1) is 0 Å². The molecule has 138 valence electrons. The summed E-state index contributed by atoms with van der Waals surface area (Å²) in [5.74, 6) is 0.356. The third-order valence-electron chi connectivity index (χ3n) is 4.16. The molecule has 26 heavy (non-hydrogen) atoms. The Morgan fingerprint density at radius 2 is 1.81 bits per heavy atom. The van der Waals surface area contributed by atoms with Crippen molar-refractivity contribution in [1.82, 2.24) is 9.71 Å². The first kappa shape index (κ1) is 18.6. The summed E-state index contributed by atoms with van der Waals surface area (Å²) in [6.07, 6.45) is 2.19. The van der Waals surface area contributed by atoms with E-state index >= 15 is 0 Å². The summed E-state index contributed by atoms with van der Waals surface area (Å²) in [5.41, 5.74) is 0.888. The number of halogens is 1. The molecule has 9 heteroatoms. The Balaban J connectivity index is 1.77. The number of anilines is 2. The molecule has 1 saturated heterocycles. The molecule has 0 bridgehead atoms. The molecular weight excluding hydrogens is 376 g/mol. The van der Waals surface area contributed by atoms with Crippen LogP contribution in [0.25, 0.3) is 0 Å². The van der Waals surface area contributed by atoms with Gasteiger partial charge < -0.3 is 10.2 Å². The van der Waals surface area contributed by atoms with Crippen molar-refractivity contribution in [2.24, 2.45) is 0 Å². The number of carbonyl (C=O) groups is 1. The van der Waals surface area contributed by atoms with Crippen LogP contribution in [0.15, 0.2) is 41.3 Å². The van der Waals surface area contributed by atoms with Gasteiger partial charge in [-0.25, -0.2) is 18.1 Å². The lowest BCUT2D eigenvalue weighted by molar-refractivity contribution is 0.102. The Labute approximate surface area is 157 Å². The van der Waals surface area contributed by atoms with Crippen molar-refractivity contribution in [1.29, 1.82) is 0 Å². The second-order valence-electron chi connectivity index (χ2n) is 5.92. The molecule has 1 amide bonds. The van der Waals surface area contributed by atoms with Crippen molar-refractivity contribution in [2.45, 2.75) is 17.7 Å². The van der Waals surface area contributed by atoms with Gasteiger partial charge in [-0.1, -0.05) is 11.6 Å². The normalized spacial score (nSPS) is 14.5. The van der Waals surface area contributed by atoms with Crippen LogP contribution in [-0.2, 0) is 10.0 Å². The molecular formula is C17H19ClN4O3S. The van der Waals surface area contributed by atoms with Crippen LogP contribution in [0.1, 0.15) is 23.2 Å². The number of benzene rings is 1. The Hall–Kier alpha value is -2.16. The number of hydrogen-bond acceptors (Lipinski definition) is 5. The number of rotatable bonds is 5. The van der Waals surface area contributed by atoms with Gasteiger partial charge in [0, 0.05) is 24.3 Å². The number of nitrogens with zero attached hydrogens (tertiary/aromatic N) is 2. The van der Waals surface area contributed by atoms with Crippen LogP contribution in [0.2, 0.25) is 5.15 Å². The van der Waals surface area contributed by atoms with Crippen LogP contribution in [0, 0.1) is 0 Å². The Morgan fingerprint density at radius 3 is 2.42 bits per heavy atom. The van der Waals surface area contributed by atoms with E-state index in [4.69, 9.17) is 11.6 Å². The van der Waals surface area contributed by atoms with E-state index in [9.17, 15) is 13.2 Å². The SMILES string of the molecule is CNS(=O)(=O)c1ccc(NC(=O)c2cc(Cl)nc(N3CCCC3)c2)cc1. The van der Waals surface area contributed by atoms with Gasteiger partial charge in [-0.05, 0) is 56.3 Å². The van der Waals surface area contributed by atoms with Gasteiger partial charge in [0.15, 0.2) is 0 Å². The number of nitrogens with one attached hydrogen (secondary N) is 2. The third-order valence-corrected chi connectivity index (χ3v) is 5.79. The molecule has 1 aromatic heterocycles. The predicted octanol–water partition coefficient (Wildman–Crippen LogP) is 2.50. The van der Waals surface area contributed by atoms with E-state index in [0.29, 0.717) is 17.1 Å². The molecule has 0 saturated carbocycles. The van der Waals surface area contributed by atoms with E-state index in [-0.39, 0.29) is 16.0 Å². The molecule has 0 spiro atoms. The first-order chi connectivity index (χ1) is 12.4. The van der Waals surface area contributed by atoms with E-state index < -0.39 is 10.0 Å². The number of pyridine rings is 1. The zero-order valence-electron chi connectivity index (χ0n) is 14.2. The second kappa shape index (κ2) is 7.61. The maximum absolute atomic E-state index is 12.5. The fourth-order valence-corrected chi connectivity index (χ4v) is 3.70. The summed E-state index contributed by atoms with van der Waals surface area (Å²) < 4.78 is 25.7. The van der Waals surface area contributed by atoms with Crippen molar-refractivity contribution in [2.75, 3.05) is 30.4 Å². The summed E-state index contributed by atoms with van der Waals surface area (Å²) >= 11 is 6.07. The van der Waals surface area contributed by atoms with Gasteiger partial charge in [-0.2, -0.15) is 0 Å². The molecule has 3 rings (SSSR count). The predicted molar refractivity (Wildman–Crippen MR) is 101 cm³/mol. The van der Waals surface area contributed by atoms with Crippen LogP contribution in [0.3, 0.4) is 0 Å². The van der Waals surface area contributed by atoms with Crippen molar-refractivity contribution in [3.8, 4) is 0 Å². The molecule has 2 aromatic rings. The highest BCUT2D eigenvalue weighted by molar-refractivity contribution is 7.89. The van der Waals surface area contributed by atoms with Gasteiger partial charge in [0.2, 0.25) is 10.0 Å². The topological polar surface area (TPSA) is 91.4 Å². The number of hydrogen-bond donors (Lipinski definition) is 2. The van der Waals surface area contributed by atoms with E-state index in [0.717, 1.165) is 25.9 Å². The standard InChI is InChI=1S/C17H19ClN4O3S/c1-19-26(24,25)14-6-4-13(5-7-14)20-17(23)12-10-15(18)21-16(11-12)22-8-2-3-9-22/h4-7,10-11,19H,2-3,8-9H2,1H3,(H,20,23). The van der Waals surface area contributed by atoms with Crippen LogP contribution in [0.5, 0.6) is 0 Å². The average Bonchev–Trinajstić information content (AvgIpc) is 3.16. The second-order valence-corrected chi connectivity index (χ2v) is 8.19. The van der Waals surface area contributed by atoms with Gasteiger partial charge in [0.25, 0.3) is 5.91 Å². The number of sulfonamides is 1. The zero-order chi connectivity index (χ0) is 18.7. The van der Waals surface area contributed by atoms with Crippen LogP contribution in [0.4, 0.5) is 11.5 Å². The van der Waals surface area contributed by atoms with Crippen LogP contribution >= 0.6 is 11.6 Å². The summed E-state index contributed by atoms with van der Waals surface area (Å²) in [4.78, 5) is 19.0. The van der Waals surface area contributed by atoms with Crippen molar-refractivity contribution in [3.63, 3.8) is 0 Å². The Kier molecular flexibility index (Phi) is 5.45. The maximum Gasteiger partial charge on any atom is 0.255 e. The summed E-state index contributed by atoms with van der Waals surface area (Å²) in [7, 11) is -2.17. The maximum atomic E-state index is 12.5. The van der Waals surface area contributed by atoms with Gasteiger partial charge in [0.1, 0.15) is 11.0 Å². The third kappa shape index (κ3) is 4.14. The number of carbonyl (C=O) groups excluding carboxylic acids is 1. The molecule has 1 fully saturated rings. The summed E-state index contributed by atoms with van der Waals surface area (Å²) in [5, 5.41) is 3.00. The minimum Gasteiger partial charge on any atom is -0.357 e. The van der Waals surface area contributed by atoms with E-state index in [1.165, 1.54) is 37.4 Å². The minimum atomic E-state index is -3.51. The molecule has 0 atom stereocenters. The lowest BCUT2D eigenvalue weighted by atomic mass is 10.2. The Bertz CT molecular complexity index is 910. The minimum absolute atomic E-state index is 0.126. The fraction of sp³-hybridized carbons (Fsp3) is 0.294. The first-order valence-electron chi connectivity index (χ1n) is 8.16. The van der Waals surface area contributed by atoms with Gasteiger partial charge in [-0.3, -0.25) is 4.79 Å². The van der Waals surface area contributed by atoms with Crippen molar-refractivity contribution >= 4 is 39.0 Å². The highest BCUT2D eigenvalue weighted by atomic mass is 35.5. The largest absolute Gasteiger partial charge is 0.357 e. The molecule has 1 aliphatic rings. The highest BCUT2D eigenvalue weighted by Crippen LogP contribution is 2.23. The summed E-state index contributed by atoms with van der Waals surface area (Å²) in [6, 6.07) is 9.15. The first-order valence-corrected chi connectivity index (χ1v) is 10.0. The molecule has 0 aliphatic carbocycles. The molecule has 7 nitrogen and oxygen atoms in total. The van der Waals surface area contributed by atoms with Crippen LogP contribution in [-0.4, -0.2) is 39.4 Å². The fourth-order valence-electron chi connectivity index (χ4n) is 2.76. The number of amides is 1. The van der Waals surface area contributed by atoms with E-state index in [2.05, 4.69) is 19.9 Å². The van der Waals surface area contributed by atoms with E-state index in [1.807, 2.05) is 0 Å². The van der Waals surface area contributed by atoms with Gasteiger partial charge >= 0.3 is 0 Å². The lowest BCUT2D eigenvalue weighted by Gasteiger charge is -2.17. The van der Waals surface area contributed by atoms with Crippen LogP contribution < -0.4 is 14.9 Å². The smallest absolute Gasteiger partial charge is 0.255 e. The quantitative estimate of drug-likeness (QED) is 0.760. The average molecular weight is 395 g/mol. The highest BCUT2D eigenvalue weighted by Gasteiger charge is 2.17. The molecule has 2 N–H and O–H groups in total. The monoisotopic (exact) mass is 394 g/mol.